The molecule has 0 unspecified atom stereocenters. The van der Waals surface area contributed by atoms with Crippen molar-refractivity contribution in [1.82, 2.24) is 0 Å². The molecule has 4 nitrogen and oxygen atoms in total. The molecule has 0 spiro atoms. The number of aromatic carboxylic acids is 1. The largest absolute Gasteiger partial charge is 0.478 e. The molecule has 0 fully saturated rings. The number of esters is 1. The first kappa shape index (κ1) is 14.8. The van der Waals surface area contributed by atoms with Crippen LogP contribution in [0.3, 0.4) is 0 Å². The van der Waals surface area contributed by atoms with E-state index in [-0.39, 0.29) is 5.56 Å². The molecular formula is C17H16O4. The Bertz CT molecular complexity index is 752. The average Bonchev–Trinajstić information content (AvgIpc) is 2.45. The summed E-state index contributed by atoms with van der Waals surface area (Å²) in [7, 11) is 0. The number of carboxylic acid groups (broad SMARTS) is 1. The van der Waals surface area contributed by atoms with Crippen LogP contribution in [-0.2, 0) is 4.74 Å². The number of carbonyl (C=O) groups excluding carboxylic acids is 1. The van der Waals surface area contributed by atoms with Crippen LogP contribution in [0.4, 0.5) is 0 Å². The van der Waals surface area contributed by atoms with Crippen molar-refractivity contribution in [3.8, 4) is 0 Å². The molecule has 21 heavy (non-hydrogen) atoms. The lowest BCUT2D eigenvalue weighted by molar-refractivity contribution is 0.0621. The second kappa shape index (κ2) is 5.79. The summed E-state index contributed by atoms with van der Waals surface area (Å²) >= 11 is 0. The Balaban J connectivity index is 2.35. The predicted octanol–water partition coefficient (Wildman–Crippen LogP) is 4.01. The fourth-order valence-electron chi connectivity index (χ4n) is 1.81. The molecule has 0 aliphatic carbocycles. The van der Waals surface area contributed by atoms with Crippen molar-refractivity contribution >= 4 is 22.7 Å². The number of carboxylic acids is 1. The van der Waals surface area contributed by atoms with Crippen LogP contribution in [0.2, 0.25) is 0 Å². The molecule has 2 aromatic rings. The van der Waals surface area contributed by atoms with Gasteiger partial charge in [0.05, 0.1) is 11.1 Å². The third-order valence-electron chi connectivity index (χ3n) is 3.27. The number of benzene rings is 2. The van der Waals surface area contributed by atoms with Crippen molar-refractivity contribution in [2.75, 3.05) is 0 Å². The molecule has 0 heterocycles. The van der Waals surface area contributed by atoms with Crippen LogP contribution in [0, 0.1) is 0 Å². The molecule has 2 rings (SSSR count). The Kier molecular flexibility index (Phi) is 4.08. The van der Waals surface area contributed by atoms with Gasteiger partial charge in [-0.25, -0.2) is 9.59 Å². The van der Waals surface area contributed by atoms with Gasteiger partial charge in [0.15, 0.2) is 0 Å². The molecule has 0 radical (unpaired) electrons. The van der Waals surface area contributed by atoms with E-state index in [1.807, 2.05) is 13.8 Å². The van der Waals surface area contributed by atoms with Crippen LogP contribution in [0.25, 0.3) is 10.8 Å². The van der Waals surface area contributed by atoms with E-state index in [2.05, 4.69) is 0 Å². The molecule has 0 aliphatic heterocycles. The third kappa shape index (κ3) is 3.28. The zero-order valence-electron chi connectivity index (χ0n) is 12.1. The first-order valence-corrected chi connectivity index (χ1v) is 6.52. The molecule has 0 saturated heterocycles. The summed E-state index contributed by atoms with van der Waals surface area (Å²) in [4.78, 5) is 23.0. The standard InChI is InChI=1S/C17H16O4/c1-10(2)11(3)21-17(20)15-7-5-12-8-14(16(18)19)6-4-13(12)9-15/h4-9H,1-3H3,(H,18,19). The number of rotatable bonds is 3. The molecule has 0 bridgehead atoms. The number of ether oxygens (including phenoxy) is 1. The molecule has 0 aromatic heterocycles. The first-order chi connectivity index (χ1) is 9.88. The summed E-state index contributed by atoms with van der Waals surface area (Å²) in [5.41, 5.74) is 1.60. The minimum absolute atomic E-state index is 0.221. The normalized spacial score (nSPS) is 10.2. The smallest absolute Gasteiger partial charge is 0.343 e. The van der Waals surface area contributed by atoms with Crippen molar-refractivity contribution in [2.24, 2.45) is 0 Å². The maximum absolute atomic E-state index is 12.0. The zero-order valence-corrected chi connectivity index (χ0v) is 12.1. The number of hydrogen-bond acceptors (Lipinski definition) is 3. The maximum atomic E-state index is 12.0. The lowest BCUT2D eigenvalue weighted by Crippen LogP contribution is -2.04. The SMILES string of the molecule is CC(C)=C(C)OC(=O)c1ccc2cc(C(=O)O)ccc2c1. The quantitative estimate of drug-likeness (QED) is 0.683. The van der Waals surface area contributed by atoms with E-state index in [1.165, 1.54) is 6.07 Å². The van der Waals surface area contributed by atoms with Gasteiger partial charge in [-0.2, -0.15) is 0 Å². The lowest BCUT2D eigenvalue weighted by Gasteiger charge is -2.07. The lowest BCUT2D eigenvalue weighted by atomic mass is 10.0. The van der Waals surface area contributed by atoms with Crippen LogP contribution in [0.5, 0.6) is 0 Å². The molecule has 0 saturated carbocycles. The highest BCUT2D eigenvalue weighted by Crippen LogP contribution is 2.19. The molecule has 2 aromatic carbocycles. The Morgan fingerprint density at radius 3 is 1.95 bits per heavy atom. The summed E-state index contributed by atoms with van der Waals surface area (Å²) in [5.74, 6) is -0.807. The van der Waals surface area contributed by atoms with Crippen LogP contribution in [0.1, 0.15) is 41.5 Å². The third-order valence-corrected chi connectivity index (χ3v) is 3.27. The monoisotopic (exact) mass is 284 g/mol. The number of carbonyl (C=O) groups is 2. The fraction of sp³-hybridized carbons (Fsp3) is 0.176. The minimum Gasteiger partial charge on any atom is -0.478 e. The van der Waals surface area contributed by atoms with Crippen LogP contribution < -0.4 is 0 Å². The maximum Gasteiger partial charge on any atom is 0.343 e. The van der Waals surface area contributed by atoms with Gasteiger partial charge in [-0.15, -0.1) is 0 Å². The fourth-order valence-corrected chi connectivity index (χ4v) is 1.81. The van der Waals surface area contributed by atoms with Crippen LogP contribution >= 0.6 is 0 Å². The van der Waals surface area contributed by atoms with E-state index in [1.54, 1.807) is 37.3 Å². The van der Waals surface area contributed by atoms with Gasteiger partial charge in [0, 0.05) is 0 Å². The summed E-state index contributed by atoms with van der Waals surface area (Å²) < 4.78 is 5.26. The minimum atomic E-state index is -0.973. The van der Waals surface area contributed by atoms with Crippen LogP contribution in [0.15, 0.2) is 47.7 Å². The van der Waals surface area contributed by atoms with Crippen molar-refractivity contribution in [2.45, 2.75) is 20.8 Å². The predicted molar refractivity (Wildman–Crippen MR) is 80.4 cm³/mol. The van der Waals surface area contributed by atoms with Gasteiger partial charge in [-0.1, -0.05) is 12.1 Å². The second-order valence-corrected chi connectivity index (χ2v) is 5.03. The first-order valence-electron chi connectivity index (χ1n) is 6.52. The summed E-state index contributed by atoms with van der Waals surface area (Å²) in [5, 5.41) is 10.5. The van der Waals surface area contributed by atoms with Crippen molar-refractivity contribution in [1.29, 1.82) is 0 Å². The molecule has 0 aliphatic rings. The number of hydrogen-bond donors (Lipinski definition) is 1. The molecule has 4 heteroatoms. The van der Waals surface area contributed by atoms with Gasteiger partial charge in [-0.05, 0) is 61.4 Å². The van der Waals surface area contributed by atoms with E-state index < -0.39 is 11.9 Å². The molecule has 108 valence electrons. The van der Waals surface area contributed by atoms with Gasteiger partial charge < -0.3 is 9.84 Å². The summed E-state index contributed by atoms with van der Waals surface area (Å²) in [6.45, 7) is 5.49. The van der Waals surface area contributed by atoms with Gasteiger partial charge in [-0.3, -0.25) is 0 Å². The summed E-state index contributed by atoms with van der Waals surface area (Å²) in [6, 6.07) is 9.82. The van der Waals surface area contributed by atoms with E-state index in [4.69, 9.17) is 9.84 Å². The van der Waals surface area contributed by atoms with Gasteiger partial charge in [0.25, 0.3) is 0 Å². The highest BCUT2D eigenvalue weighted by Gasteiger charge is 2.10. The van der Waals surface area contributed by atoms with E-state index in [9.17, 15) is 9.59 Å². The van der Waals surface area contributed by atoms with Crippen molar-refractivity contribution in [3.05, 3.63) is 58.9 Å². The van der Waals surface area contributed by atoms with E-state index in [0.717, 1.165) is 16.3 Å². The number of allylic oxidation sites excluding steroid dienone is 2. The van der Waals surface area contributed by atoms with Crippen LogP contribution in [-0.4, -0.2) is 17.0 Å². The Morgan fingerprint density at radius 1 is 0.905 bits per heavy atom. The van der Waals surface area contributed by atoms with E-state index in [0.29, 0.717) is 11.3 Å². The highest BCUT2D eigenvalue weighted by atomic mass is 16.5. The van der Waals surface area contributed by atoms with Gasteiger partial charge in [0.1, 0.15) is 5.76 Å². The van der Waals surface area contributed by atoms with Gasteiger partial charge >= 0.3 is 11.9 Å². The molecular weight excluding hydrogens is 268 g/mol. The van der Waals surface area contributed by atoms with Crippen molar-refractivity contribution in [3.63, 3.8) is 0 Å². The number of fused-ring (bicyclic) bond motifs is 1. The zero-order chi connectivity index (χ0) is 15.6. The van der Waals surface area contributed by atoms with Crippen molar-refractivity contribution < 1.29 is 19.4 Å². The Hall–Kier alpha value is -2.62. The van der Waals surface area contributed by atoms with E-state index >= 15 is 0 Å². The Morgan fingerprint density at radius 2 is 1.43 bits per heavy atom. The summed E-state index contributed by atoms with van der Waals surface area (Å²) in [6.07, 6.45) is 0. The highest BCUT2D eigenvalue weighted by molar-refractivity contribution is 5.98. The topological polar surface area (TPSA) is 63.6 Å². The van der Waals surface area contributed by atoms with Gasteiger partial charge in [0.2, 0.25) is 0 Å². The molecule has 0 atom stereocenters. The average molecular weight is 284 g/mol. The molecule has 0 amide bonds. The second-order valence-electron chi connectivity index (χ2n) is 5.03. The molecule has 1 N–H and O–H groups in total. The Labute approximate surface area is 122 Å².